The molecule has 0 aromatic heterocycles. The van der Waals surface area contributed by atoms with Crippen LogP contribution in [-0.2, 0) is 5.54 Å². The van der Waals surface area contributed by atoms with Crippen LogP contribution in [0, 0.1) is 11.8 Å². The predicted molar refractivity (Wildman–Crippen MR) is 145 cm³/mol. The zero-order chi connectivity index (χ0) is 25.3. The molecule has 1 saturated heterocycles. The minimum atomic E-state index is -0.911. The molecule has 4 unspecified atom stereocenters. The average molecular weight is 479 g/mol. The van der Waals surface area contributed by atoms with Gasteiger partial charge in [-0.05, 0) is 35.4 Å². The van der Waals surface area contributed by atoms with Crippen LogP contribution in [0.15, 0.2) is 115 Å². The second kappa shape index (κ2) is 9.38. The smallest absolute Gasteiger partial charge is 0.331 e. The van der Waals surface area contributed by atoms with Gasteiger partial charge in [0.2, 0.25) is 0 Å². The molecule has 6 nitrogen and oxygen atoms in total. The molecular weight excluding hydrogens is 448 g/mol. The first-order valence-corrected chi connectivity index (χ1v) is 12.1. The van der Waals surface area contributed by atoms with Gasteiger partial charge in [0.05, 0.1) is 17.3 Å². The topological polar surface area (TPSA) is 64.7 Å². The number of carbonyl (C=O) groups is 2. The molecular formula is C30H30N4O2. The van der Waals surface area contributed by atoms with Crippen molar-refractivity contribution in [2.75, 3.05) is 23.9 Å². The molecule has 1 aliphatic heterocycles. The van der Waals surface area contributed by atoms with Crippen molar-refractivity contribution in [1.82, 2.24) is 10.6 Å². The van der Waals surface area contributed by atoms with Crippen molar-refractivity contribution < 1.29 is 9.59 Å². The third kappa shape index (κ3) is 4.05. The fourth-order valence-electron chi connectivity index (χ4n) is 5.29. The maximum atomic E-state index is 14.0. The maximum Gasteiger partial charge on any atom is 0.331 e. The van der Waals surface area contributed by atoms with Crippen molar-refractivity contribution >= 4 is 23.4 Å². The Hall–Kier alpha value is -4.32. The van der Waals surface area contributed by atoms with Crippen molar-refractivity contribution in [3.05, 3.63) is 121 Å². The Kier molecular flexibility index (Phi) is 6.10. The molecule has 2 bridgehead atoms. The lowest BCUT2D eigenvalue weighted by Gasteiger charge is -2.43. The molecule has 3 aliphatic rings. The SMILES string of the molecule is C=C1/C=C\C=C/C2(c3ccccc3)NC(=O)N(c3ccc(N(C)C)cc3)C(=O)NC1C1C=CC=CC12. The Morgan fingerprint density at radius 1 is 0.889 bits per heavy atom. The number of urea groups is 2. The molecule has 2 N–H and O–H groups in total. The Labute approximate surface area is 212 Å². The summed E-state index contributed by atoms with van der Waals surface area (Å²) in [5.41, 5.74) is 2.24. The molecule has 182 valence electrons. The molecule has 6 heteroatoms. The minimum Gasteiger partial charge on any atom is -0.378 e. The molecule has 5 rings (SSSR count). The first kappa shape index (κ1) is 23.4. The standard InChI is InChI=1S/C30H30N4O2/c1-21-11-9-10-20-30(22-12-5-4-6-13-22)26-15-8-7-14-25(26)27(21)31-28(35)34(29(36)32-30)24-18-16-23(17-19-24)33(2)3/h4-20,25-27H,1H2,2-3H3,(H,31,35)(H,32,36)/b11-9-,20-10-. The number of carbonyl (C=O) groups excluding carboxylic acids is 2. The Bertz CT molecular complexity index is 1290. The Morgan fingerprint density at radius 2 is 1.61 bits per heavy atom. The minimum absolute atomic E-state index is 0.143. The van der Waals surface area contributed by atoms with Crippen molar-refractivity contribution in [2.24, 2.45) is 11.8 Å². The average Bonchev–Trinajstić information content (AvgIpc) is 2.96. The van der Waals surface area contributed by atoms with E-state index in [4.69, 9.17) is 0 Å². The first-order valence-electron chi connectivity index (χ1n) is 12.1. The fraction of sp³-hybridized carbons (Fsp3) is 0.200. The molecule has 36 heavy (non-hydrogen) atoms. The van der Waals surface area contributed by atoms with Crippen LogP contribution in [0.3, 0.4) is 0 Å². The van der Waals surface area contributed by atoms with Crippen LogP contribution in [-0.4, -0.2) is 32.2 Å². The summed E-state index contributed by atoms with van der Waals surface area (Å²) in [5.74, 6) is -0.321. The van der Waals surface area contributed by atoms with Crippen LogP contribution in [0.5, 0.6) is 0 Å². The summed E-state index contributed by atoms with van der Waals surface area (Å²) in [4.78, 5) is 30.9. The molecule has 0 saturated carbocycles. The summed E-state index contributed by atoms with van der Waals surface area (Å²) in [7, 11) is 3.89. The van der Waals surface area contributed by atoms with Crippen molar-refractivity contribution in [3.8, 4) is 0 Å². The number of anilines is 2. The lowest BCUT2D eigenvalue weighted by molar-refractivity contribution is 0.218. The summed E-state index contributed by atoms with van der Waals surface area (Å²) < 4.78 is 0. The van der Waals surface area contributed by atoms with Gasteiger partial charge in [0.25, 0.3) is 0 Å². The number of hydrogen-bond donors (Lipinski definition) is 2. The van der Waals surface area contributed by atoms with Gasteiger partial charge in [-0.1, -0.05) is 85.5 Å². The van der Waals surface area contributed by atoms with Crippen LogP contribution in [0.25, 0.3) is 0 Å². The van der Waals surface area contributed by atoms with E-state index in [2.05, 4.69) is 29.4 Å². The number of amides is 4. The lowest BCUT2D eigenvalue weighted by Crippen LogP contribution is -2.56. The van der Waals surface area contributed by atoms with Gasteiger partial charge in [-0.3, -0.25) is 0 Å². The number of imide groups is 1. The lowest BCUT2D eigenvalue weighted by atomic mass is 9.67. The highest BCUT2D eigenvalue weighted by atomic mass is 16.2. The molecule has 2 aliphatic carbocycles. The van der Waals surface area contributed by atoms with E-state index < -0.39 is 23.6 Å². The van der Waals surface area contributed by atoms with Gasteiger partial charge in [-0.25, -0.2) is 14.5 Å². The largest absolute Gasteiger partial charge is 0.378 e. The molecule has 1 heterocycles. The van der Waals surface area contributed by atoms with E-state index in [1.807, 2.05) is 97.9 Å². The van der Waals surface area contributed by atoms with Crippen LogP contribution >= 0.6 is 0 Å². The van der Waals surface area contributed by atoms with E-state index in [0.29, 0.717) is 5.69 Å². The zero-order valence-electron chi connectivity index (χ0n) is 20.5. The number of nitrogens with zero attached hydrogens (tertiary/aromatic N) is 2. The van der Waals surface area contributed by atoms with E-state index >= 15 is 0 Å². The summed E-state index contributed by atoms with van der Waals surface area (Å²) in [6.45, 7) is 4.28. The first-order chi connectivity index (χ1) is 17.4. The number of nitrogens with one attached hydrogen (secondary N) is 2. The molecule has 0 spiro atoms. The molecule has 4 atom stereocenters. The third-order valence-corrected chi connectivity index (χ3v) is 7.14. The highest BCUT2D eigenvalue weighted by Gasteiger charge is 2.48. The summed E-state index contributed by atoms with van der Waals surface area (Å²) >= 11 is 0. The second-order valence-electron chi connectivity index (χ2n) is 9.50. The normalized spacial score (nSPS) is 28.9. The fourth-order valence-corrected chi connectivity index (χ4v) is 5.29. The van der Waals surface area contributed by atoms with E-state index in [0.717, 1.165) is 16.8 Å². The van der Waals surface area contributed by atoms with Crippen LogP contribution in [0.1, 0.15) is 5.56 Å². The predicted octanol–water partition coefficient (Wildman–Crippen LogP) is 5.30. The monoisotopic (exact) mass is 478 g/mol. The van der Waals surface area contributed by atoms with Crippen LogP contribution < -0.4 is 20.4 Å². The highest BCUT2D eigenvalue weighted by Crippen LogP contribution is 2.43. The van der Waals surface area contributed by atoms with Gasteiger partial charge in [0, 0.05) is 31.6 Å². The number of benzene rings is 2. The number of hydrogen-bond acceptors (Lipinski definition) is 3. The molecule has 4 amide bonds. The van der Waals surface area contributed by atoms with Crippen molar-refractivity contribution in [2.45, 2.75) is 11.6 Å². The second-order valence-corrected chi connectivity index (χ2v) is 9.50. The zero-order valence-corrected chi connectivity index (χ0v) is 20.5. The Balaban J connectivity index is 1.71. The van der Waals surface area contributed by atoms with Gasteiger partial charge in [-0.2, -0.15) is 0 Å². The number of rotatable bonds is 3. The van der Waals surface area contributed by atoms with E-state index in [1.54, 1.807) is 12.1 Å². The maximum absolute atomic E-state index is 14.0. The van der Waals surface area contributed by atoms with Gasteiger partial charge in [-0.15, -0.1) is 0 Å². The third-order valence-electron chi connectivity index (χ3n) is 7.14. The molecule has 2 aromatic carbocycles. The van der Waals surface area contributed by atoms with E-state index in [-0.39, 0.29) is 11.8 Å². The van der Waals surface area contributed by atoms with Crippen molar-refractivity contribution in [1.29, 1.82) is 0 Å². The highest BCUT2D eigenvalue weighted by molar-refractivity contribution is 6.14. The number of allylic oxidation sites excluding steroid dienone is 4. The summed E-state index contributed by atoms with van der Waals surface area (Å²) in [6.07, 6.45) is 16.0. The summed E-state index contributed by atoms with van der Waals surface area (Å²) in [6, 6.07) is 15.9. The van der Waals surface area contributed by atoms with Crippen molar-refractivity contribution in [3.63, 3.8) is 0 Å². The van der Waals surface area contributed by atoms with E-state index in [9.17, 15) is 9.59 Å². The van der Waals surface area contributed by atoms with Gasteiger partial charge < -0.3 is 15.5 Å². The molecule has 1 fully saturated rings. The summed E-state index contributed by atoms with van der Waals surface area (Å²) in [5, 5.41) is 6.41. The molecule has 2 aromatic rings. The van der Waals surface area contributed by atoms with Crippen LogP contribution in [0.2, 0.25) is 0 Å². The Morgan fingerprint density at radius 3 is 2.33 bits per heavy atom. The van der Waals surface area contributed by atoms with E-state index in [1.165, 1.54) is 4.90 Å². The van der Waals surface area contributed by atoms with Gasteiger partial charge >= 0.3 is 12.1 Å². The van der Waals surface area contributed by atoms with Crippen LogP contribution in [0.4, 0.5) is 21.0 Å². The van der Waals surface area contributed by atoms with Gasteiger partial charge in [0.1, 0.15) is 0 Å². The quantitative estimate of drug-likeness (QED) is 0.630. The van der Waals surface area contributed by atoms with Gasteiger partial charge in [0.15, 0.2) is 0 Å². The molecule has 0 radical (unpaired) electrons.